The van der Waals surface area contributed by atoms with Crippen LogP contribution in [0.4, 0.5) is 0 Å². The number of carbonyl (C=O) groups excluding carboxylic acids is 2. The zero-order valence-electron chi connectivity index (χ0n) is 9.02. The highest BCUT2D eigenvalue weighted by Crippen LogP contribution is 2.47. The molecule has 6 nitrogen and oxygen atoms in total. The molecule has 0 fully saturated rings. The maximum absolute atomic E-state index is 11.9. The number of carbonyl (C=O) groups is 2. The highest BCUT2D eigenvalue weighted by molar-refractivity contribution is 6.36. The largest absolute Gasteiger partial charge is 0.505 e. The minimum absolute atomic E-state index is 0.302. The number of allylic oxidation sites excluding steroid dienone is 2. The summed E-state index contributed by atoms with van der Waals surface area (Å²) < 4.78 is 4.68. The van der Waals surface area contributed by atoms with Crippen LogP contribution in [0.5, 0.6) is 17.2 Å². The van der Waals surface area contributed by atoms with Crippen molar-refractivity contribution in [3.63, 3.8) is 0 Å². The van der Waals surface area contributed by atoms with Gasteiger partial charge in [-0.15, -0.1) is 0 Å². The van der Waals surface area contributed by atoms with Crippen molar-refractivity contribution in [2.24, 2.45) is 0 Å². The molecule has 0 saturated carbocycles. The summed E-state index contributed by atoms with van der Waals surface area (Å²) in [4.78, 5) is 23.6. The molecule has 7 heteroatoms. The van der Waals surface area contributed by atoms with Crippen LogP contribution in [0.1, 0.15) is 20.7 Å². The van der Waals surface area contributed by atoms with Crippen LogP contribution in [-0.2, 0) is 4.74 Å². The molecule has 1 aliphatic rings. The van der Waals surface area contributed by atoms with Crippen LogP contribution in [0.25, 0.3) is 0 Å². The van der Waals surface area contributed by atoms with Gasteiger partial charge in [0.15, 0.2) is 23.0 Å². The third-order valence-corrected chi connectivity index (χ3v) is 2.90. The van der Waals surface area contributed by atoms with E-state index in [0.717, 1.165) is 6.08 Å². The van der Waals surface area contributed by atoms with Crippen LogP contribution in [0.2, 0.25) is 5.02 Å². The van der Waals surface area contributed by atoms with E-state index >= 15 is 0 Å². The molecular weight excluding hydrogens is 264 g/mol. The van der Waals surface area contributed by atoms with Gasteiger partial charge in [-0.2, -0.15) is 0 Å². The maximum Gasteiger partial charge on any atom is 0.232 e. The molecule has 0 radical (unpaired) electrons. The molecule has 1 aromatic rings. The van der Waals surface area contributed by atoms with E-state index in [1.807, 2.05) is 0 Å². The predicted octanol–water partition coefficient (Wildman–Crippen LogP) is 1.37. The highest BCUT2D eigenvalue weighted by atomic mass is 35.5. The number of ether oxygens (including phenoxy) is 1. The van der Waals surface area contributed by atoms with Crippen molar-refractivity contribution in [1.29, 1.82) is 0 Å². The molecule has 18 heavy (non-hydrogen) atoms. The van der Waals surface area contributed by atoms with E-state index in [2.05, 4.69) is 4.74 Å². The number of aromatic hydroxyl groups is 3. The summed E-state index contributed by atoms with van der Waals surface area (Å²) >= 11 is 5.53. The second-order valence-electron chi connectivity index (χ2n) is 3.52. The summed E-state index contributed by atoms with van der Waals surface area (Å²) in [5.74, 6) is -4.38. The van der Waals surface area contributed by atoms with Gasteiger partial charge in [0.1, 0.15) is 10.8 Å². The molecule has 0 bridgehead atoms. The number of benzene rings is 1. The van der Waals surface area contributed by atoms with Gasteiger partial charge in [0, 0.05) is 6.08 Å². The molecule has 1 aromatic carbocycles. The summed E-state index contributed by atoms with van der Waals surface area (Å²) in [7, 11) is 1.18. The van der Waals surface area contributed by atoms with E-state index < -0.39 is 45.0 Å². The average molecular weight is 271 g/mol. The lowest BCUT2D eigenvalue weighted by molar-refractivity contribution is 0.0911. The Labute approximate surface area is 106 Å². The molecular formula is C11H7ClO6. The van der Waals surface area contributed by atoms with Gasteiger partial charge in [-0.1, -0.05) is 11.6 Å². The summed E-state index contributed by atoms with van der Waals surface area (Å²) in [6.07, 6.45) is 0.872. The van der Waals surface area contributed by atoms with Gasteiger partial charge in [0.2, 0.25) is 5.78 Å². The molecule has 2 rings (SSSR count). The van der Waals surface area contributed by atoms with E-state index in [-0.39, 0.29) is 5.76 Å². The van der Waals surface area contributed by atoms with Crippen LogP contribution >= 0.6 is 11.6 Å². The van der Waals surface area contributed by atoms with Gasteiger partial charge in [-0.3, -0.25) is 9.59 Å². The van der Waals surface area contributed by atoms with Gasteiger partial charge in [-0.25, -0.2) is 0 Å². The summed E-state index contributed by atoms with van der Waals surface area (Å²) in [6.45, 7) is 0. The standard InChI is InChI=1S/C11H7ClO6/c1-18-4-2-3(13)5-6(8(4)14)10(16)11(17)7(12)9(5)15/h2,15-17H,1H3. The van der Waals surface area contributed by atoms with Crippen LogP contribution in [-0.4, -0.2) is 34.0 Å². The SMILES string of the molecule is COC1=CC(=O)c2c(O)c(Cl)c(O)c(O)c2C1=O. The second-order valence-corrected chi connectivity index (χ2v) is 3.89. The lowest BCUT2D eigenvalue weighted by Gasteiger charge is -2.18. The minimum Gasteiger partial charge on any atom is -0.505 e. The van der Waals surface area contributed by atoms with Gasteiger partial charge < -0.3 is 20.1 Å². The minimum atomic E-state index is -0.869. The first-order valence-electron chi connectivity index (χ1n) is 4.71. The number of phenols is 3. The van der Waals surface area contributed by atoms with Crippen molar-refractivity contribution < 1.29 is 29.6 Å². The third kappa shape index (κ3) is 1.42. The number of hydrogen-bond donors (Lipinski definition) is 3. The Balaban J connectivity index is 2.86. The molecule has 94 valence electrons. The quantitative estimate of drug-likeness (QED) is 0.526. The summed E-state index contributed by atoms with van der Waals surface area (Å²) in [5, 5.41) is 28.1. The number of hydrogen-bond acceptors (Lipinski definition) is 6. The second kappa shape index (κ2) is 3.92. The molecule has 0 aliphatic heterocycles. The lowest BCUT2D eigenvalue weighted by Crippen LogP contribution is -2.18. The molecule has 0 spiro atoms. The number of fused-ring (bicyclic) bond motifs is 1. The number of ketones is 2. The molecule has 0 aromatic heterocycles. The van der Waals surface area contributed by atoms with Crippen LogP contribution in [0.3, 0.4) is 0 Å². The first kappa shape index (κ1) is 12.3. The Bertz CT molecular complexity index is 617. The topological polar surface area (TPSA) is 104 Å². The summed E-state index contributed by atoms with van der Waals surface area (Å²) in [5.41, 5.74) is -0.986. The van der Waals surface area contributed by atoms with Gasteiger partial charge in [0.25, 0.3) is 0 Å². The Kier molecular flexibility index (Phi) is 2.67. The van der Waals surface area contributed by atoms with Crippen LogP contribution in [0, 0.1) is 0 Å². The van der Waals surface area contributed by atoms with Gasteiger partial charge >= 0.3 is 0 Å². The van der Waals surface area contributed by atoms with Crippen molar-refractivity contribution in [3.8, 4) is 17.2 Å². The number of methoxy groups -OCH3 is 1. The van der Waals surface area contributed by atoms with Crippen molar-refractivity contribution in [2.45, 2.75) is 0 Å². The van der Waals surface area contributed by atoms with E-state index in [1.165, 1.54) is 7.11 Å². The fourth-order valence-corrected chi connectivity index (χ4v) is 1.86. The van der Waals surface area contributed by atoms with Crippen LogP contribution in [0.15, 0.2) is 11.8 Å². The molecule has 1 aliphatic carbocycles. The Hall–Kier alpha value is -2.21. The summed E-state index contributed by atoms with van der Waals surface area (Å²) in [6, 6.07) is 0. The number of Topliss-reactive ketones (excluding diaryl/α,β-unsaturated/α-hetero) is 1. The molecule has 0 atom stereocenters. The third-order valence-electron chi connectivity index (χ3n) is 2.54. The molecule has 3 N–H and O–H groups in total. The fourth-order valence-electron chi connectivity index (χ4n) is 1.67. The average Bonchev–Trinajstić information content (AvgIpc) is 2.35. The van der Waals surface area contributed by atoms with Crippen molar-refractivity contribution in [1.82, 2.24) is 0 Å². The fraction of sp³-hybridized carbons (Fsp3) is 0.0909. The highest BCUT2D eigenvalue weighted by Gasteiger charge is 2.35. The predicted molar refractivity (Wildman–Crippen MR) is 60.2 cm³/mol. The molecule has 0 heterocycles. The number of rotatable bonds is 1. The Morgan fingerprint density at radius 3 is 2.22 bits per heavy atom. The Morgan fingerprint density at radius 1 is 1.06 bits per heavy atom. The van der Waals surface area contributed by atoms with Crippen LogP contribution < -0.4 is 0 Å². The monoisotopic (exact) mass is 270 g/mol. The Morgan fingerprint density at radius 2 is 1.67 bits per heavy atom. The van der Waals surface area contributed by atoms with E-state index in [1.54, 1.807) is 0 Å². The zero-order valence-corrected chi connectivity index (χ0v) is 9.78. The molecule has 0 amide bonds. The normalized spacial score (nSPS) is 14.2. The first-order valence-corrected chi connectivity index (χ1v) is 5.09. The first-order chi connectivity index (χ1) is 8.40. The van der Waals surface area contributed by atoms with Crippen molar-refractivity contribution >= 4 is 23.2 Å². The van der Waals surface area contributed by atoms with E-state index in [4.69, 9.17) is 11.6 Å². The molecule has 0 unspecified atom stereocenters. The van der Waals surface area contributed by atoms with Crippen molar-refractivity contribution in [2.75, 3.05) is 7.11 Å². The maximum atomic E-state index is 11.9. The van der Waals surface area contributed by atoms with Gasteiger partial charge in [0.05, 0.1) is 18.2 Å². The smallest absolute Gasteiger partial charge is 0.232 e. The molecule has 0 saturated heterocycles. The van der Waals surface area contributed by atoms with Crippen molar-refractivity contribution in [3.05, 3.63) is 28.0 Å². The zero-order chi connectivity index (χ0) is 13.6. The van der Waals surface area contributed by atoms with Gasteiger partial charge in [-0.05, 0) is 0 Å². The lowest BCUT2D eigenvalue weighted by atomic mass is 9.91. The van der Waals surface area contributed by atoms with E-state index in [9.17, 15) is 24.9 Å². The number of phenolic OH excluding ortho intramolecular Hbond substituents is 3. The van der Waals surface area contributed by atoms with E-state index in [0.29, 0.717) is 0 Å². The number of halogens is 1.